The van der Waals surface area contributed by atoms with Crippen LogP contribution < -0.4 is 14.2 Å². The van der Waals surface area contributed by atoms with Crippen LogP contribution in [0.5, 0.6) is 11.5 Å². The monoisotopic (exact) mass is 572 g/mol. The Balaban J connectivity index is 1.90. The highest BCUT2D eigenvalue weighted by Crippen LogP contribution is 2.37. The van der Waals surface area contributed by atoms with Gasteiger partial charge in [-0.05, 0) is 77.2 Å². The average Bonchev–Trinajstić information content (AvgIpc) is 3.02. The summed E-state index contributed by atoms with van der Waals surface area (Å²) in [5.74, 6) is -0.572. The van der Waals surface area contributed by atoms with Crippen LogP contribution in [0, 0.1) is 10.5 Å². The molecule has 31 heavy (non-hydrogen) atoms. The van der Waals surface area contributed by atoms with E-state index >= 15 is 0 Å². The third-order valence-electron chi connectivity index (χ3n) is 3.96. The van der Waals surface area contributed by atoms with Crippen molar-refractivity contribution in [1.82, 2.24) is 5.32 Å². The average molecular weight is 572 g/mol. The second-order valence-corrected chi connectivity index (χ2v) is 10.1. The number of carbonyl (C=O) groups is 2. The highest BCUT2D eigenvalue weighted by Gasteiger charge is 2.24. The van der Waals surface area contributed by atoms with Crippen molar-refractivity contribution in [3.05, 3.63) is 56.0 Å². The Bertz CT molecular complexity index is 1220. The van der Waals surface area contributed by atoms with E-state index in [1.807, 2.05) is 29.5 Å². The first-order valence-corrected chi connectivity index (χ1v) is 12.1. The van der Waals surface area contributed by atoms with Gasteiger partial charge in [0.1, 0.15) is 4.90 Å². The molecule has 0 bridgehead atoms. The zero-order valence-corrected chi connectivity index (χ0v) is 20.4. The Morgan fingerprint density at radius 1 is 1.23 bits per heavy atom. The zero-order chi connectivity index (χ0) is 22.8. The number of methoxy groups -OCH3 is 1. The van der Waals surface area contributed by atoms with Crippen LogP contribution in [-0.4, -0.2) is 32.5 Å². The number of hydrogen-bond donors (Lipinski definition) is 1. The summed E-state index contributed by atoms with van der Waals surface area (Å²) in [5.41, 5.74) is 1.50. The molecule has 1 aliphatic rings. The standard InChI is InChI=1S/C20H17IN2O6S2/c1-11-4-6-14(7-5-11)31(26,27)29-18-15(21)8-13(9-16(18)28-3)10-17-19(25)23-20(30-17)22-12(2)24/h4-10H,1-3H3,(H,22,23,24,25)/b17-10-. The number of hydrogen-bond acceptors (Lipinski definition) is 7. The fourth-order valence-corrected chi connectivity index (χ4v) is 5.23. The fourth-order valence-electron chi connectivity index (χ4n) is 2.53. The summed E-state index contributed by atoms with van der Waals surface area (Å²) in [4.78, 5) is 27.3. The number of amides is 2. The minimum absolute atomic E-state index is 0.0257. The highest BCUT2D eigenvalue weighted by molar-refractivity contribution is 14.1. The van der Waals surface area contributed by atoms with Crippen molar-refractivity contribution in [2.75, 3.05) is 7.11 Å². The lowest BCUT2D eigenvalue weighted by molar-refractivity contribution is -0.117. The van der Waals surface area contributed by atoms with E-state index in [2.05, 4.69) is 10.3 Å². The molecule has 0 atom stereocenters. The molecule has 2 aromatic carbocycles. The Hall–Kier alpha value is -2.38. The van der Waals surface area contributed by atoms with E-state index in [4.69, 9.17) is 8.92 Å². The van der Waals surface area contributed by atoms with Gasteiger partial charge in [0.05, 0.1) is 15.6 Å². The zero-order valence-electron chi connectivity index (χ0n) is 16.6. The van der Waals surface area contributed by atoms with E-state index in [-0.39, 0.29) is 27.5 Å². The predicted molar refractivity (Wildman–Crippen MR) is 127 cm³/mol. The molecule has 162 valence electrons. The highest BCUT2D eigenvalue weighted by atomic mass is 127. The normalized spacial score (nSPS) is 15.0. The molecule has 2 aromatic rings. The lowest BCUT2D eigenvalue weighted by Crippen LogP contribution is -2.23. The third kappa shape index (κ3) is 5.66. The molecular formula is C20H17IN2O6S2. The minimum Gasteiger partial charge on any atom is -0.493 e. The second kappa shape index (κ2) is 9.40. The van der Waals surface area contributed by atoms with E-state index in [1.165, 1.54) is 26.2 Å². The first-order chi connectivity index (χ1) is 14.6. The van der Waals surface area contributed by atoms with E-state index in [9.17, 15) is 18.0 Å². The van der Waals surface area contributed by atoms with Crippen LogP contribution in [0.4, 0.5) is 0 Å². The number of amidine groups is 1. The molecule has 0 radical (unpaired) electrons. The Morgan fingerprint density at radius 3 is 2.52 bits per heavy atom. The summed E-state index contributed by atoms with van der Waals surface area (Å²) in [5, 5.41) is 2.68. The molecule has 0 spiro atoms. The molecule has 11 heteroatoms. The van der Waals surface area contributed by atoms with E-state index < -0.39 is 16.0 Å². The van der Waals surface area contributed by atoms with Gasteiger partial charge in [-0.2, -0.15) is 13.4 Å². The first kappa shape index (κ1) is 23.3. The summed E-state index contributed by atoms with van der Waals surface area (Å²) < 4.78 is 36.5. The van der Waals surface area contributed by atoms with Gasteiger partial charge in [0, 0.05) is 6.92 Å². The second-order valence-electron chi connectivity index (χ2n) is 6.40. The topological polar surface area (TPSA) is 111 Å². The third-order valence-corrected chi connectivity index (χ3v) is 6.89. The maximum Gasteiger partial charge on any atom is 0.339 e. The lowest BCUT2D eigenvalue weighted by Gasteiger charge is -2.13. The fraction of sp³-hybridized carbons (Fsp3) is 0.150. The van der Waals surface area contributed by atoms with Crippen LogP contribution >= 0.6 is 34.4 Å². The number of aliphatic imine (C=N–C) groups is 1. The quantitative estimate of drug-likeness (QED) is 0.332. The molecule has 8 nitrogen and oxygen atoms in total. The number of rotatable bonds is 5. The first-order valence-electron chi connectivity index (χ1n) is 8.78. The summed E-state index contributed by atoms with van der Waals surface area (Å²) in [6, 6.07) is 9.51. The molecule has 0 fully saturated rings. The lowest BCUT2D eigenvalue weighted by atomic mass is 10.2. The smallest absolute Gasteiger partial charge is 0.339 e. The van der Waals surface area contributed by atoms with Crippen molar-refractivity contribution in [2.24, 2.45) is 4.99 Å². The number of nitrogens with one attached hydrogen (secondary N) is 1. The number of carbonyl (C=O) groups excluding carboxylic acids is 2. The van der Waals surface area contributed by atoms with Gasteiger partial charge in [-0.25, -0.2) is 0 Å². The van der Waals surface area contributed by atoms with Gasteiger partial charge in [0.2, 0.25) is 5.91 Å². The number of benzene rings is 2. The molecule has 1 heterocycles. The van der Waals surface area contributed by atoms with Crippen LogP contribution in [0.1, 0.15) is 18.1 Å². The van der Waals surface area contributed by atoms with Crippen molar-refractivity contribution in [3.8, 4) is 11.5 Å². The molecule has 0 aromatic heterocycles. The van der Waals surface area contributed by atoms with Crippen LogP contribution in [0.15, 0.2) is 51.2 Å². The molecular weight excluding hydrogens is 555 g/mol. The summed E-state index contributed by atoms with van der Waals surface area (Å²) >= 11 is 2.97. The van der Waals surface area contributed by atoms with Gasteiger partial charge in [-0.3, -0.25) is 9.59 Å². The van der Waals surface area contributed by atoms with Gasteiger partial charge in [-0.15, -0.1) is 0 Å². The number of halogens is 1. The number of thioether (sulfide) groups is 1. The largest absolute Gasteiger partial charge is 0.493 e. The van der Waals surface area contributed by atoms with Crippen molar-refractivity contribution in [2.45, 2.75) is 18.7 Å². The van der Waals surface area contributed by atoms with E-state index in [0.29, 0.717) is 14.0 Å². The van der Waals surface area contributed by atoms with Gasteiger partial charge in [0.25, 0.3) is 5.91 Å². The molecule has 3 rings (SSSR count). The molecule has 0 unspecified atom stereocenters. The van der Waals surface area contributed by atoms with Crippen LogP contribution in [0.3, 0.4) is 0 Å². The van der Waals surface area contributed by atoms with Gasteiger partial charge < -0.3 is 14.2 Å². The van der Waals surface area contributed by atoms with Crippen molar-refractivity contribution in [3.63, 3.8) is 0 Å². The Kier molecular flexibility index (Phi) is 7.06. The van der Waals surface area contributed by atoms with Crippen molar-refractivity contribution in [1.29, 1.82) is 0 Å². The molecule has 0 saturated carbocycles. The predicted octanol–water partition coefficient (Wildman–Crippen LogP) is 3.48. The SMILES string of the molecule is COc1cc(/C=C2\SC(NC(C)=O)=NC2=O)cc(I)c1OS(=O)(=O)c1ccc(C)cc1. The van der Waals surface area contributed by atoms with Crippen molar-refractivity contribution >= 4 is 67.5 Å². The van der Waals surface area contributed by atoms with Gasteiger partial charge in [-0.1, -0.05) is 17.7 Å². The van der Waals surface area contributed by atoms with Gasteiger partial charge in [0.15, 0.2) is 16.7 Å². The van der Waals surface area contributed by atoms with Gasteiger partial charge >= 0.3 is 10.1 Å². The van der Waals surface area contributed by atoms with Crippen LogP contribution in [0.2, 0.25) is 0 Å². The number of aryl methyl sites for hydroxylation is 1. The van der Waals surface area contributed by atoms with Crippen molar-refractivity contribution < 1.29 is 26.9 Å². The summed E-state index contributed by atoms with van der Waals surface area (Å²) in [6.07, 6.45) is 1.58. The molecule has 0 saturated heterocycles. The summed E-state index contributed by atoms with van der Waals surface area (Å²) in [6.45, 7) is 3.18. The number of ether oxygens (including phenoxy) is 1. The maximum absolute atomic E-state index is 12.7. The van der Waals surface area contributed by atoms with E-state index in [0.717, 1.165) is 17.3 Å². The Labute approximate surface area is 197 Å². The summed E-state index contributed by atoms with van der Waals surface area (Å²) in [7, 11) is -2.67. The maximum atomic E-state index is 12.7. The molecule has 0 aliphatic carbocycles. The molecule has 1 aliphatic heterocycles. The molecule has 1 N–H and O–H groups in total. The Morgan fingerprint density at radius 2 is 1.90 bits per heavy atom. The number of nitrogens with zero attached hydrogens (tertiary/aromatic N) is 1. The van der Waals surface area contributed by atoms with Crippen LogP contribution in [0.25, 0.3) is 6.08 Å². The van der Waals surface area contributed by atoms with E-state index in [1.54, 1.807) is 30.3 Å². The molecule has 2 amide bonds. The minimum atomic E-state index is -4.06. The van der Waals surface area contributed by atoms with Crippen LogP contribution in [-0.2, 0) is 19.7 Å².